The predicted octanol–water partition coefficient (Wildman–Crippen LogP) is 4.42. The van der Waals surface area contributed by atoms with Crippen molar-refractivity contribution in [2.75, 3.05) is 6.54 Å². The lowest BCUT2D eigenvalue weighted by Crippen LogP contribution is -2.27. The fourth-order valence-corrected chi connectivity index (χ4v) is 2.82. The first kappa shape index (κ1) is 17.8. The molecule has 1 aromatic carbocycles. The summed E-state index contributed by atoms with van der Waals surface area (Å²) in [7, 11) is 0. The Morgan fingerprint density at radius 2 is 2.00 bits per heavy atom. The molecular weight excluding hydrogens is 298 g/mol. The van der Waals surface area contributed by atoms with E-state index < -0.39 is 0 Å². The highest BCUT2D eigenvalue weighted by Gasteiger charge is 2.33. The lowest BCUT2D eigenvalue weighted by atomic mass is 10.0. The number of carbonyl (C=O) groups is 1. The summed E-state index contributed by atoms with van der Waals surface area (Å²) in [4.78, 5) is 14.5. The van der Waals surface area contributed by atoms with Crippen molar-refractivity contribution in [2.45, 2.75) is 46.6 Å². The molecule has 1 aliphatic heterocycles. The molecule has 1 atom stereocenters. The van der Waals surface area contributed by atoms with Gasteiger partial charge in [0.15, 0.2) is 0 Å². The quantitative estimate of drug-likeness (QED) is 0.847. The standard InChI is InChI=1S/C16H19N3O.C4H6/c1-3-4-7-19-11(2)14-6-5-12(8-15(14)16(19)20)13-9-17-18-10-13;1-3-4-2/h5-6,8-11H,3-4,7H2,1-2H3,(H,17,18);1-2H3. The third-order valence-corrected chi connectivity index (χ3v) is 4.30. The van der Waals surface area contributed by atoms with Gasteiger partial charge in [0.25, 0.3) is 5.91 Å². The van der Waals surface area contributed by atoms with Crippen LogP contribution in [0.15, 0.2) is 30.6 Å². The molecular formula is C20H25N3O. The Bertz CT molecular complexity index is 732. The Morgan fingerprint density at radius 3 is 2.58 bits per heavy atom. The number of amides is 1. The van der Waals surface area contributed by atoms with E-state index >= 15 is 0 Å². The normalized spacial score (nSPS) is 15.2. The van der Waals surface area contributed by atoms with E-state index in [0.29, 0.717) is 0 Å². The van der Waals surface area contributed by atoms with Crippen LogP contribution in [-0.2, 0) is 0 Å². The number of H-pyrrole nitrogens is 1. The van der Waals surface area contributed by atoms with Gasteiger partial charge in [0.2, 0.25) is 0 Å². The molecule has 2 heterocycles. The number of aromatic nitrogens is 2. The minimum Gasteiger partial charge on any atom is -0.332 e. The number of aromatic amines is 1. The molecule has 1 aromatic heterocycles. The Balaban J connectivity index is 0.000000471. The first-order valence-electron chi connectivity index (χ1n) is 8.41. The Labute approximate surface area is 144 Å². The molecule has 0 aliphatic carbocycles. The molecule has 1 amide bonds. The third-order valence-electron chi connectivity index (χ3n) is 4.30. The summed E-state index contributed by atoms with van der Waals surface area (Å²) in [6, 6.07) is 6.32. The van der Waals surface area contributed by atoms with Crippen LogP contribution in [0.5, 0.6) is 0 Å². The van der Waals surface area contributed by atoms with Gasteiger partial charge in [-0.25, -0.2) is 0 Å². The SMILES string of the molecule is CC#CC.CCCCN1C(=O)c2cc(-c3cn[nH]c3)ccc2C1C. The fourth-order valence-electron chi connectivity index (χ4n) is 2.82. The van der Waals surface area contributed by atoms with Crippen molar-refractivity contribution in [1.82, 2.24) is 15.1 Å². The highest BCUT2D eigenvalue weighted by molar-refractivity contribution is 6.00. The van der Waals surface area contributed by atoms with Crippen LogP contribution >= 0.6 is 0 Å². The van der Waals surface area contributed by atoms with E-state index in [1.54, 1.807) is 6.20 Å². The number of nitrogens with zero attached hydrogens (tertiary/aromatic N) is 2. The van der Waals surface area contributed by atoms with Gasteiger partial charge in [-0.05, 0) is 44.4 Å². The first-order valence-corrected chi connectivity index (χ1v) is 8.41. The smallest absolute Gasteiger partial charge is 0.254 e. The highest BCUT2D eigenvalue weighted by atomic mass is 16.2. The van der Waals surface area contributed by atoms with Gasteiger partial charge in [-0.1, -0.05) is 25.5 Å². The van der Waals surface area contributed by atoms with Gasteiger partial charge in [-0.2, -0.15) is 5.10 Å². The average Bonchev–Trinajstić information content (AvgIpc) is 3.22. The molecule has 4 nitrogen and oxygen atoms in total. The number of hydrogen-bond donors (Lipinski definition) is 1. The van der Waals surface area contributed by atoms with E-state index in [4.69, 9.17) is 0 Å². The molecule has 0 spiro atoms. The molecule has 0 radical (unpaired) electrons. The predicted molar refractivity (Wildman–Crippen MR) is 97.5 cm³/mol. The van der Waals surface area contributed by atoms with Crippen molar-refractivity contribution in [3.63, 3.8) is 0 Å². The Morgan fingerprint density at radius 1 is 1.25 bits per heavy atom. The van der Waals surface area contributed by atoms with Gasteiger partial charge < -0.3 is 4.90 Å². The highest BCUT2D eigenvalue weighted by Crippen LogP contribution is 2.35. The van der Waals surface area contributed by atoms with E-state index in [9.17, 15) is 4.79 Å². The van der Waals surface area contributed by atoms with Crippen LogP contribution in [0.1, 0.15) is 62.5 Å². The number of hydrogen-bond acceptors (Lipinski definition) is 2. The van der Waals surface area contributed by atoms with E-state index in [0.717, 1.165) is 41.6 Å². The van der Waals surface area contributed by atoms with Crippen LogP contribution in [-0.4, -0.2) is 27.5 Å². The van der Waals surface area contributed by atoms with Gasteiger partial charge in [0.1, 0.15) is 0 Å². The summed E-state index contributed by atoms with van der Waals surface area (Å²) in [6.07, 6.45) is 5.78. The maximum absolute atomic E-state index is 12.5. The fraction of sp³-hybridized carbons (Fsp3) is 0.400. The van der Waals surface area contributed by atoms with E-state index in [-0.39, 0.29) is 11.9 Å². The van der Waals surface area contributed by atoms with Gasteiger partial charge >= 0.3 is 0 Å². The van der Waals surface area contributed by atoms with Crippen LogP contribution in [0.2, 0.25) is 0 Å². The molecule has 0 fully saturated rings. The zero-order valence-corrected chi connectivity index (χ0v) is 14.9. The number of nitrogens with one attached hydrogen (secondary N) is 1. The largest absolute Gasteiger partial charge is 0.332 e. The van der Waals surface area contributed by atoms with Crippen molar-refractivity contribution in [3.8, 4) is 23.0 Å². The summed E-state index contributed by atoms with van der Waals surface area (Å²) in [5.74, 6) is 5.52. The van der Waals surface area contributed by atoms with Crippen LogP contribution < -0.4 is 0 Å². The van der Waals surface area contributed by atoms with Crippen molar-refractivity contribution in [3.05, 3.63) is 41.7 Å². The molecule has 4 heteroatoms. The maximum Gasteiger partial charge on any atom is 0.254 e. The van der Waals surface area contributed by atoms with Crippen molar-refractivity contribution in [2.24, 2.45) is 0 Å². The molecule has 1 N–H and O–H groups in total. The zero-order chi connectivity index (χ0) is 17.5. The number of rotatable bonds is 4. The molecule has 1 aliphatic rings. The molecule has 0 saturated carbocycles. The molecule has 126 valence electrons. The number of unbranched alkanes of at least 4 members (excludes halogenated alkanes) is 1. The first-order chi connectivity index (χ1) is 11.6. The second-order valence-electron chi connectivity index (χ2n) is 5.82. The number of fused-ring (bicyclic) bond motifs is 1. The summed E-state index contributed by atoms with van der Waals surface area (Å²) in [5, 5.41) is 6.77. The monoisotopic (exact) mass is 323 g/mol. The summed E-state index contributed by atoms with van der Waals surface area (Å²) < 4.78 is 0. The minimum absolute atomic E-state index is 0.159. The number of carbonyl (C=O) groups excluding carboxylic acids is 1. The lowest BCUT2D eigenvalue weighted by molar-refractivity contribution is 0.0735. The molecule has 3 rings (SSSR count). The van der Waals surface area contributed by atoms with Crippen LogP contribution in [0, 0.1) is 11.8 Å². The summed E-state index contributed by atoms with van der Waals surface area (Å²) in [6.45, 7) is 8.73. The lowest BCUT2D eigenvalue weighted by Gasteiger charge is -2.21. The minimum atomic E-state index is 0.159. The van der Waals surface area contributed by atoms with Crippen LogP contribution in [0.4, 0.5) is 0 Å². The Hall–Kier alpha value is -2.54. The molecule has 0 saturated heterocycles. The zero-order valence-electron chi connectivity index (χ0n) is 14.9. The van der Waals surface area contributed by atoms with E-state index in [2.05, 4.69) is 48.0 Å². The van der Waals surface area contributed by atoms with Crippen LogP contribution in [0.3, 0.4) is 0 Å². The molecule has 0 bridgehead atoms. The topological polar surface area (TPSA) is 49.0 Å². The van der Waals surface area contributed by atoms with Gasteiger partial charge in [0, 0.05) is 23.9 Å². The second-order valence-corrected chi connectivity index (χ2v) is 5.82. The van der Waals surface area contributed by atoms with Crippen LogP contribution in [0.25, 0.3) is 11.1 Å². The molecule has 24 heavy (non-hydrogen) atoms. The van der Waals surface area contributed by atoms with E-state index in [1.807, 2.05) is 31.0 Å². The molecule has 2 aromatic rings. The van der Waals surface area contributed by atoms with Gasteiger partial charge in [0.05, 0.1) is 12.2 Å². The number of benzene rings is 1. The Kier molecular flexibility index (Phi) is 6.20. The molecule has 1 unspecified atom stereocenters. The summed E-state index contributed by atoms with van der Waals surface area (Å²) >= 11 is 0. The van der Waals surface area contributed by atoms with Crippen molar-refractivity contribution >= 4 is 5.91 Å². The third kappa shape index (κ3) is 3.68. The van der Waals surface area contributed by atoms with Gasteiger partial charge in [-0.3, -0.25) is 9.89 Å². The second kappa shape index (κ2) is 8.35. The van der Waals surface area contributed by atoms with Gasteiger partial charge in [-0.15, -0.1) is 11.8 Å². The average molecular weight is 323 g/mol. The summed E-state index contributed by atoms with van der Waals surface area (Å²) in [5.41, 5.74) is 4.03. The van der Waals surface area contributed by atoms with E-state index in [1.165, 1.54) is 0 Å². The van der Waals surface area contributed by atoms with Crippen molar-refractivity contribution in [1.29, 1.82) is 0 Å². The maximum atomic E-state index is 12.5. The van der Waals surface area contributed by atoms with Crippen molar-refractivity contribution < 1.29 is 4.79 Å².